The zero-order valence-corrected chi connectivity index (χ0v) is 9.60. The normalized spacial score (nSPS) is 21.3. The molecule has 0 aliphatic heterocycles. The standard InChI is InChI=1S/C13H14N2O2/c1-9-7-12(9)15-13(17)11-5-4-10(8-14-11)3-2-6-16/h4-5,8-9,12,16H,6-7H2,1H3,(H,15,17). The van der Waals surface area contributed by atoms with E-state index in [1.165, 1.54) is 6.20 Å². The van der Waals surface area contributed by atoms with Crippen molar-refractivity contribution in [3.63, 3.8) is 0 Å². The van der Waals surface area contributed by atoms with Crippen LogP contribution >= 0.6 is 0 Å². The van der Waals surface area contributed by atoms with Crippen molar-refractivity contribution in [2.75, 3.05) is 6.61 Å². The van der Waals surface area contributed by atoms with Crippen molar-refractivity contribution in [3.8, 4) is 11.8 Å². The van der Waals surface area contributed by atoms with E-state index in [0.29, 0.717) is 23.2 Å². The fourth-order valence-electron chi connectivity index (χ4n) is 1.51. The van der Waals surface area contributed by atoms with E-state index in [4.69, 9.17) is 5.11 Å². The molecule has 1 fully saturated rings. The van der Waals surface area contributed by atoms with Crippen molar-refractivity contribution in [2.24, 2.45) is 5.92 Å². The highest BCUT2D eigenvalue weighted by atomic mass is 16.2. The fourth-order valence-corrected chi connectivity index (χ4v) is 1.51. The average molecular weight is 230 g/mol. The number of amides is 1. The van der Waals surface area contributed by atoms with Crippen LogP contribution in [0.4, 0.5) is 0 Å². The van der Waals surface area contributed by atoms with Gasteiger partial charge < -0.3 is 10.4 Å². The summed E-state index contributed by atoms with van der Waals surface area (Å²) in [6, 6.07) is 3.67. The third-order valence-electron chi connectivity index (χ3n) is 2.73. The number of rotatable bonds is 2. The molecular weight excluding hydrogens is 216 g/mol. The second-order valence-electron chi connectivity index (χ2n) is 4.18. The number of carbonyl (C=O) groups excluding carboxylic acids is 1. The van der Waals surface area contributed by atoms with Crippen LogP contribution in [0.2, 0.25) is 0 Å². The van der Waals surface area contributed by atoms with Crippen LogP contribution in [0.1, 0.15) is 29.4 Å². The Morgan fingerprint density at radius 2 is 2.41 bits per heavy atom. The number of hydrogen-bond donors (Lipinski definition) is 2. The number of hydrogen-bond acceptors (Lipinski definition) is 3. The van der Waals surface area contributed by atoms with Gasteiger partial charge in [0.25, 0.3) is 5.91 Å². The molecule has 2 atom stereocenters. The Labute approximate surface area is 100 Å². The largest absolute Gasteiger partial charge is 0.384 e. The number of pyridine rings is 1. The van der Waals surface area contributed by atoms with Gasteiger partial charge in [-0.15, -0.1) is 0 Å². The highest BCUT2D eigenvalue weighted by Gasteiger charge is 2.34. The van der Waals surface area contributed by atoms with E-state index in [2.05, 4.69) is 29.1 Å². The Kier molecular flexibility index (Phi) is 3.40. The van der Waals surface area contributed by atoms with Crippen molar-refractivity contribution < 1.29 is 9.90 Å². The molecule has 2 rings (SSSR count). The van der Waals surface area contributed by atoms with Gasteiger partial charge in [-0.3, -0.25) is 4.79 Å². The van der Waals surface area contributed by atoms with Crippen LogP contribution in [0.3, 0.4) is 0 Å². The van der Waals surface area contributed by atoms with E-state index in [0.717, 1.165) is 6.42 Å². The highest BCUT2D eigenvalue weighted by Crippen LogP contribution is 2.29. The van der Waals surface area contributed by atoms with E-state index in [9.17, 15) is 4.79 Å². The van der Waals surface area contributed by atoms with Gasteiger partial charge in [-0.2, -0.15) is 0 Å². The molecule has 2 unspecified atom stereocenters. The first-order valence-corrected chi connectivity index (χ1v) is 5.57. The lowest BCUT2D eigenvalue weighted by Crippen LogP contribution is -2.27. The molecule has 1 aliphatic rings. The van der Waals surface area contributed by atoms with Crippen molar-refractivity contribution in [1.29, 1.82) is 0 Å². The number of nitrogens with one attached hydrogen (secondary N) is 1. The molecular formula is C13H14N2O2. The van der Waals surface area contributed by atoms with Crippen LogP contribution in [-0.2, 0) is 0 Å². The first-order chi connectivity index (χ1) is 8.20. The summed E-state index contributed by atoms with van der Waals surface area (Å²) in [6.07, 6.45) is 2.58. The first-order valence-electron chi connectivity index (χ1n) is 5.57. The molecule has 1 saturated carbocycles. The smallest absolute Gasteiger partial charge is 0.270 e. The van der Waals surface area contributed by atoms with E-state index < -0.39 is 0 Å². The second kappa shape index (κ2) is 4.98. The summed E-state index contributed by atoms with van der Waals surface area (Å²) in [7, 11) is 0. The molecule has 17 heavy (non-hydrogen) atoms. The molecule has 1 amide bonds. The first kappa shape index (κ1) is 11.6. The number of aliphatic hydroxyl groups excluding tert-OH is 1. The zero-order valence-electron chi connectivity index (χ0n) is 9.60. The van der Waals surface area contributed by atoms with E-state index in [-0.39, 0.29) is 12.5 Å². The second-order valence-corrected chi connectivity index (χ2v) is 4.18. The molecule has 4 nitrogen and oxygen atoms in total. The van der Waals surface area contributed by atoms with Gasteiger partial charge in [0.15, 0.2) is 0 Å². The molecule has 88 valence electrons. The van der Waals surface area contributed by atoms with Gasteiger partial charge in [0, 0.05) is 17.8 Å². The lowest BCUT2D eigenvalue weighted by Gasteiger charge is -2.02. The van der Waals surface area contributed by atoms with Gasteiger partial charge in [-0.1, -0.05) is 18.8 Å². The molecule has 1 aliphatic carbocycles. The summed E-state index contributed by atoms with van der Waals surface area (Å²) in [4.78, 5) is 15.8. The van der Waals surface area contributed by atoms with Crippen LogP contribution in [0.5, 0.6) is 0 Å². The lowest BCUT2D eigenvalue weighted by atomic mass is 10.2. The molecule has 2 N–H and O–H groups in total. The summed E-state index contributed by atoms with van der Waals surface area (Å²) >= 11 is 0. The van der Waals surface area contributed by atoms with Crippen LogP contribution in [0, 0.1) is 17.8 Å². The summed E-state index contributed by atoms with van der Waals surface area (Å²) in [5, 5.41) is 11.4. The summed E-state index contributed by atoms with van der Waals surface area (Å²) in [5.74, 6) is 5.69. The minimum atomic E-state index is -0.179. The topological polar surface area (TPSA) is 62.2 Å². The Morgan fingerprint density at radius 1 is 1.65 bits per heavy atom. The van der Waals surface area contributed by atoms with Gasteiger partial charge in [0.2, 0.25) is 0 Å². The molecule has 0 spiro atoms. The van der Waals surface area contributed by atoms with Crippen LogP contribution < -0.4 is 5.32 Å². The van der Waals surface area contributed by atoms with Crippen LogP contribution in [-0.4, -0.2) is 28.6 Å². The summed E-state index contributed by atoms with van der Waals surface area (Å²) in [6.45, 7) is 1.92. The molecule has 0 saturated heterocycles. The van der Waals surface area contributed by atoms with E-state index >= 15 is 0 Å². The maximum absolute atomic E-state index is 11.7. The van der Waals surface area contributed by atoms with E-state index in [1.54, 1.807) is 12.1 Å². The quantitative estimate of drug-likeness (QED) is 0.730. The Balaban J connectivity index is 1.99. The molecule has 1 aromatic heterocycles. The van der Waals surface area contributed by atoms with Crippen LogP contribution in [0.15, 0.2) is 18.3 Å². The number of nitrogens with zero attached hydrogens (tertiary/aromatic N) is 1. The highest BCUT2D eigenvalue weighted by molar-refractivity contribution is 5.92. The summed E-state index contributed by atoms with van der Waals surface area (Å²) in [5.41, 5.74) is 1.09. The monoisotopic (exact) mass is 230 g/mol. The predicted molar refractivity (Wildman–Crippen MR) is 63.2 cm³/mol. The molecule has 0 bridgehead atoms. The number of aliphatic hydroxyl groups is 1. The van der Waals surface area contributed by atoms with Gasteiger partial charge in [0.05, 0.1) is 0 Å². The van der Waals surface area contributed by atoms with Gasteiger partial charge in [-0.25, -0.2) is 4.98 Å². The SMILES string of the molecule is CC1CC1NC(=O)c1ccc(C#CCO)cn1. The predicted octanol–water partition coefficient (Wildman–Crippen LogP) is 0.564. The number of carbonyl (C=O) groups is 1. The molecule has 4 heteroatoms. The van der Waals surface area contributed by atoms with Crippen molar-refractivity contribution in [1.82, 2.24) is 10.3 Å². The van der Waals surface area contributed by atoms with Gasteiger partial charge in [-0.05, 0) is 24.5 Å². The third kappa shape index (κ3) is 3.05. The van der Waals surface area contributed by atoms with Crippen LogP contribution in [0.25, 0.3) is 0 Å². The number of aromatic nitrogens is 1. The zero-order chi connectivity index (χ0) is 12.3. The maximum atomic E-state index is 11.7. The van der Waals surface area contributed by atoms with Crippen molar-refractivity contribution in [2.45, 2.75) is 19.4 Å². The van der Waals surface area contributed by atoms with Crippen molar-refractivity contribution >= 4 is 5.91 Å². The average Bonchev–Trinajstić information content (AvgIpc) is 3.03. The Morgan fingerprint density at radius 3 is 2.94 bits per heavy atom. The third-order valence-corrected chi connectivity index (χ3v) is 2.73. The minimum absolute atomic E-state index is 0.138. The van der Waals surface area contributed by atoms with Gasteiger partial charge >= 0.3 is 0 Å². The van der Waals surface area contributed by atoms with E-state index in [1.807, 2.05) is 0 Å². The summed E-state index contributed by atoms with van der Waals surface area (Å²) < 4.78 is 0. The maximum Gasteiger partial charge on any atom is 0.270 e. The van der Waals surface area contributed by atoms with Crippen molar-refractivity contribution in [3.05, 3.63) is 29.6 Å². The Bertz CT molecular complexity index is 470. The molecule has 1 aromatic rings. The molecule has 1 heterocycles. The molecule has 0 radical (unpaired) electrons. The molecule has 0 aromatic carbocycles. The lowest BCUT2D eigenvalue weighted by molar-refractivity contribution is 0.0944. The Hall–Kier alpha value is -1.86. The fraction of sp³-hybridized carbons (Fsp3) is 0.385. The minimum Gasteiger partial charge on any atom is -0.384 e. The van der Waals surface area contributed by atoms with Gasteiger partial charge in [0.1, 0.15) is 12.3 Å².